The zero-order chi connectivity index (χ0) is 12.8. The third-order valence-corrected chi connectivity index (χ3v) is 2.09. The summed E-state index contributed by atoms with van der Waals surface area (Å²) in [4.78, 5) is 13.3. The second-order valence-electron chi connectivity index (χ2n) is 4.73. The summed E-state index contributed by atoms with van der Waals surface area (Å²) < 4.78 is 5.27. The molecule has 94 valence electrons. The minimum absolute atomic E-state index is 0.207. The molecule has 0 aromatic rings. The number of carbonyl (C=O) groups is 1. The van der Waals surface area contributed by atoms with Crippen molar-refractivity contribution in [2.45, 2.75) is 53.6 Å². The lowest BCUT2D eigenvalue weighted by Crippen LogP contribution is -2.39. The molecule has 1 amide bonds. The van der Waals surface area contributed by atoms with Crippen LogP contribution in [0.1, 0.15) is 48.0 Å². The van der Waals surface area contributed by atoms with Crippen LogP contribution in [-0.2, 0) is 4.74 Å². The van der Waals surface area contributed by atoms with E-state index in [0.29, 0.717) is 6.54 Å². The SMILES string of the molecule is CC.CC1=CCN(C(=O)OC(C)(C)C)CC1. The fourth-order valence-corrected chi connectivity index (χ4v) is 1.26. The molecule has 0 aliphatic carbocycles. The average molecular weight is 227 g/mol. The van der Waals surface area contributed by atoms with Gasteiger partial charge < -0.3 is 9.64 Å². The van der Waals surface area contributed by atoms with Crippen molar-refractivity contribution in [2.75, 3.05) is 13.1 Å². The van der Waals surface area contributed by atoms with Gasteiger partial charge in [0.25, 0.3) is 0 Å². The van der Waals surface area contributed by atoms with Crippen molar-refractivity contribution in [2.24, 2.45) is 0 Å². The van der Waals surface area contributed by atoms with Gasteiger partial charge in [0.15, 0.2) is 0 Å². The van der Waals surface area contributed by atoms with Gasteiger partial charge in [0.1, 0.15) is 5.60 Å². The highest BCUT2D eigenvalue weighted by molar-refractivity contribution is 5.68. The Labute approximate surface area is 99.5 Å². The molecular weight excluding hydrogens is 202 g/mol. The average Bonchev–Trinajstić information content (AvgIpc) is 2.19. The van der Waals surface area contributed by atoms with Gasteiger partial charge in [-0.05, 0) is 34.1 Å². The summed E-state index contributed by atoms with van der Waals surface area (Å²) in [5.74, 6) is 0. The van der Waals surface area contributed by atoms with Gasteiger partial charge in [0.05, 0.1) is 0 Å². The highest BCUT2D eigenvalue weighted by Crippen LogP contribution is 2.14. The van der Waals surface area contributed by atoms with Crippen LogP contribution in [-0.4, -0.2) is 29.7 Å². The fraction of sp³-hybridized carbons (Fsp3) is 0.769. The summed E-state index contributed by atoms with van der Waals surface area (Å²) in [6.07, 6.45) is 2.83. The van der Waals surface area contributed by atoms with Crippen LogP contribution in [0.15, 0.2) is 11.6 Å². The number of nitrogens with zero attached hydrogens (tertiary/aromatic N) is 1. The van der Waals surface area contributed by atoms with E-state index in [1.807, 2.05) is 34.6 Å². The summed E-state index contributed by atoms with van der Waals surface area (Å²) in [6, 6.07) is 0. The van der Waals surface area contributed by atoms with Gasteiger partial charge in [-0.3, -0.25) is 0 Å². The van der Waals surface area contributed by atoms with Crippen molar-refractivity contribution in [1.82, 2.24) is 4.90 Å². The molecule has 0 fully saturated rings. The van der Waals surface area contributed by atoms with Gasteiger partial charge in [-0.15, -0.1) is 0 Å². The van der Waals surface area contributed by atoms with E-state index < -0.39 is 5.60 Å². The fourth-order valence-electron chi connectivity index (χ4n) is 1.26. The minimum Gasteiger partial charge on any atom is -0.444 e. The number of ether oxygens (including phenoxy) is 1. The maximum Gasteiger partial charge on any atom is 0.410 e. The van der Waals surface area contributed by atoms with E-state index in [1.54, 1.807) is 4.90 Å². The topological polar surface area (TPSA) is 29.5 Å². The number of hydrogen-bond donors (Lipinski definition) is 0. The van der Waals surface area contributed by atoms with Crippen molar-refractivity contribution in [3.63, 3.8) is 0 Å². The summed E-state index contributed by atoms with van der Waals surface area (Å²) in [5, 5.41) is 0. The summed E-state index contributed by atoms with van der Waals surface area (Å²) in [6.45, 7) is 13.2. The Morgan fingerprint density at radius 1 is 1.38 bits per heavy atom. The number of hydrogen-bond acceptors (Lipinski definition) is 2. The standard InChI is InChI=1S/C11H19NO2.C2H6/c1-9-5-7-12(8-6-9)10(13)14-11(2,3)4;1-2/h5H,6-8H2,1-4H3;1-2H3. The third-order valence-electron chi connectivity index (χ3n) is 2.09. The van der Waals surface area contributed by atoms with Crippen molar-refractivity contribution in [3.8, 4) is 0 Å². The van der Waals surface area contributed by atoms with Crippen molar-refractivity contribution >= 4 is 6.09 Å². The van der Waals surface area contributed by atoms with Gasteiger partial charge in [-0.2, -0.15) is 0 Å². The molecule has 1 rings (SSSR count). The Bertz CT molecular complexity index is 251. The molecule has 0 unspecified atom stereocenters. The Balaban J connectivity index is 0.00000106. The molecule has 0 aromatic carbocycles. The summed E-state index contributed by atoms with van der Waals surface area (Å²) >= 11 is 0. The van der Waals surface area contributed by atoms with E-state index in [1.165, 1.54) is 5.57 Å². The first-order valence-corrected chi connectivity index (χ1v) is 6.02. The van der Waals surface area contributed by atoms with E-state index in [4.69, 9.17) is 4.74 Å². The van der Waals surface area contributed by atoms with Gasteiger partial charge in [0.2, 0.25) is 0 Å². The molecule has 0 spiro atoms. The zero-order valence-corrected chi connectivity index (χ0v) is 11.5. The van der Waals surface area contributed by atoms with Crippen LogP contribution in [0.2, 0.25) is 0 Å². The van der Waals surface area contributed by atoms with Gasteiger partial charge in [0, 0.05) is 13.1 Å². The molecule has 0 atom stereocenters. The molecule has 0 saturated carbocycles. The summed E-state index contributed by atoms with van der Waals surface area (Å²) in [7, 11) is 0. The van der Waals surface area contributed by atoms with E-state index >= 15 is 0 Å². The molecule has 3 heteroatoms. The van der Waals surface area contributed by atoms with E-state index in [9.17, 15) is 4.79 Å². The normalized spacial score (nSPS) is 15.9. The van der Waals surface area contributed by atoms with Crippen LogP contribution < -0.4 is 0 Å². The van der Waals surface area contributed by atoms with Crippen LogP contribution in [0, 0.1) is 0 Å². The maximum absolute atomic E-state index is 11.6. The molecule has 0 aromatic heterocycles. The number of carbonyl (C=O) groups excluding carboxylic acids is 1. The molecule has 0 saturated heterocycles. The molecule has 0 bridgehead atoms. The quantitative estimate of drug-likeness (QED) is 0.592. The smallest absolute Gasteiger partial charge is 0.410 e. The first-order valence-electron chi connectivity index (χ1n) is 6.02. The predicted molar refractivity (Wildman–Crippen MR) is 67.5 cm³/mol. The van der Waals surface area contributed by atoms with Crippen LogP contribution in [0.3, 0.4) is 0 Å². The largest absolute Gasteiger partial charge is 0.444 e. The first-order chi connectivity index (χ1) is 7.38. The lowest BCUT2D eigenvalue weighted by molar-refractivity contribution is 0.0266. The monoisotopic (exact) mass is 227 g/mol. The van der Waals surface area contributed by atoms with Gasteiger partial charge in [-0.25, -0.2) is 4.79 Å². The van der Waals surface area contributed by atoms with Crippen molar-refractivity contribution in [3.05, 3.63) is 11.6 Å². The van der Waals surface area contributed by atoms with Crippen LogP contribution in [0.5, 0.6) is 0 Å². The molecule has 1 aliphatic heterocycles. The third kappa shape index (κ3) is 5.79. The Morgan fingerprint density at radius 2 is 1.94 bits per heavy atom. The highest BCUT2D eigenvalue weighted by atomic mass is 16.6. The zero-order valence-electron chi connectivity index (χ0n) is 11.5. The second-order valence-corrected chi connectivity index (χ2v) is 4.73. The van der Waals surface area contributed by atoms with Crippen LogP contribution >= 0.6 is 0 Å². The van der Waals surface area contributed by atoms with E-state index in [-0.39, 0.29) is 6.09 Å². The minimum atomic E-state index is -0.396. The second kappa shape index (κ2) is 6.56. The van der Waals surface area contributed by atoms with E-state index in [0.717, 1.165) is 13.0 Å². The van der Waals surface area contributed by atoms with Gasteiger partial charge >= 0.3 is 6.09 Å². The number of amides is 1. The molecule has 0 N–H and O–H groups in total. The lowest BCUT2D eigenvalue weighted by atomic mass is 10.1. The molecule has 0 radical (unpaired) electrons. The Morgan fingerprint density at radius 3 is 2.31 bits per heavy atom. The molecular formula is C13H25NO2. The Kier molecular flexibility index (Phi) is 6.16. The van der Waals surface area contributed by atoms with E-state index in [2.05, 4.69) is 13.0 Å². The molecule has 16 heavy (non-hydrogen) atoms. The molecule has 1 heterocycles. The van der Waals surface area contributed by atoms with Crippen LogP contribution in [0.4, 0.5) is 4.79 Å². The Hall–Kier alpha value is -0.990. The predicted octanol–water partition coefficient (Wildman–Crippen LogP) is 3.60. The van der Waals surface area contributed by atoms with Crippen molar-refractivity contribution < 1.29 is 9.53 Å². The molecule has 1 aliphatic rings. The van der Waals surface area contributed by atoms with Crippen molar-refractivity contribution in [1.29, 1.82) is 0 Å². The maximum atomic E-state index is 11.6. The number of rotatable bonds is 0. The highest BCUT2D eigenvalue weighted by Gasteiger charge is 2.22. The lowest BCUT2D eigenvalue weighted by Gasteiger charge is -2.28. The van der Waals surface area contributed by atoms with Gasteiger partial charge in [-0.1, -0.05) is 25.5 Å². The van der Waals surface area contributed by atoms with Crippen LogP contribution in [0.25, 0.3) is 0 Å². The summed E-state index contributed by atoms with van der Waals surface area (Å²) in [5.41, 5.74) is 0.956. The first kappa shape index (κ1) is 15.0. The molecule has 3 nitrogen and oxygen atoms in total.